The van der Waals surface area contributed by atoms with Crippen molar-refractivity contribution in [3.8, 4) is 0 Å². The van der Waals surface area contributed by atoms with Crippen LogP contribution in [0, 0.1) is 0 Å². The van der Waals surface area contributed by atoms with Crippen molar-refractivity contribution in [2.75, 3.05) is 12.4 Å². The molecular formula is C18H19F9N2O7S2. The van der Waals surface area contributed by atoms with Gasteiger partial charge in [-0.15, -0.1) is 11.8 Å². The predicted octanol–water partition coefficient (Wildman–Crippen LogP) is 2.77. The molecule has 0 aromatic heterocycles. The topological polar surface area (TPSA) is 119 Å². The first-order valence-corrected chi connectivity index (χ1v) is 12.6. The summed E-state index contributed by atoms with van der Waals surface area (Å²) in [7, 11) is -7.08. The molecule has 0 bridgehead atoms. The van der Waals surface area contributed by atoms with E-state index in [0.29, 0.717) is 16.7 Å². The van der Waals surface area contributed by atoms with Crippen LogP contribution in [0.4, 0.5) is 39.5 Å². The highest BCUT2D eigenvalue weighted by atomic mass is 32.2. The quantitative estimate of drug-likeness (QED) is 0.253. The summed E-state index contributed by atoms with van der Waals surface area (Å²) in [4.78, 5) is 37.0. The highest BCUT2D eigenvalue weighted by Crippen LogP contribution is 2.55. The molecule has 0 spiro atoms. The van der Waals surface area contributed by atoms with Gasteiger partial charge in [0.15, 0.2) is 0 Å². The molecule has 20 heteroatoms. The van der Waals surface area contributed by atoms with E-state index >= 15 is 0 Å². The second-order valence-electron chi connectivity index (χ2n) is 8.91. The maximum Gasteiger partial charge on any atom is 0.460 e. The second-order valence-corrected chi connectivity index (χ2v) is 11.8. The predicted molar refractivity (Wildman–Crippen MR) is 109 cm³/mol. The molecule has 0 saturated carbocycles. The number of halogens is 9. The Bertz CT molecular complexity index is 1150. The van der Waals surface area contributed by atoms with Crippen LogP contribution in [0.1, 0.15) is 27.7 Å². The standard InChI is InChI=1S/C18H19F9N2O7S2/c1-7(30)35-5-8-6-37-12-9(11(31)29(12)10(8)13(32)36-14(2,3)4)28-38(33,34)18(26,27)16(21,22)15(19,20)17(23,24)25/h9,12,28H,5-6H2,1-4H3/t9-,12+/m0/s1. The lowest BCUT2D eigenvalue weighted by Gasteiger charge is -2.50. The van der Waals surface area contributed by atoms with Gasteiger partial charge in [-0.1, -0.05) is 0 Å². The maximum atomic E-state index is 14.1. The zero-order chi connectivity index (χ0) is 29.9. The summed E-state index contributed by atoms with van der Waals surface area (Å²) < 4.78 is 153. The molecule has 2 aliphatic rings. The average molecular weight is 610 g/mol. The first kappa shape index (κ1) is 32.0. The van der Waals surface area contributed by atoms with E-state index in [1.807, 2.05) is 0 Å². The molecule has 1 N–H and O–H groups in total. The Morgan fingerprint density at radius 2 is 1.55 bits per heavy atom. The minimum Gasteiger partial charge on any atom is -0.461 e. The molecule has 9 nitrogen and oxygen atoms in total. The van der Waals surface area contributed by atoms with Crippen LogP contribution in [0.15, 0.2) is 11.3 Å². The SMILES string of the molecule is CC(=O)OCC1=C(C(=O)OC(C)(C)C)N2C(=O)[C@H](NS(=O)(=O)C(F)(F)C(F)(F)C(F)(F)C(F)(F)F)[C@H]2SC1. The van der Waals surface area contributed by atoms with E-state index in [0.717, 1.165) is 11.6 Å². The normalized spacial score (nSPS) is 21.6. The summed E-state index contributed by atoms with van der Waals surface area (Å²) in [5.74, 6) is -18.9. The zero-order valence-corrected chi connectivity index (χ0v) is 21.2. The number of esters is 2. The van der Waals surface area contributed by atoms with Crippen LogP contribution in [0.2, 0.25) is 0 Å². The maximum absolute atomic E-state index is 14.1. The number of thioether (sulfide) groups is 1. The molecule has 2 heterocycles. The highest BCUT2D eigenvalue weighted by Gasteiger charge is 2.85. The molecule has 1 saturated heterocycles. The van der Waals surface area contributed by atoms with Crippen LogP contribution < -0.4 is 4.72 Å². The summed E-state index contributed by atoms with van der Waals surface area (Å²) in [5, 5.41) is -8.67. The Morgan fingerprint density at radius 3 is 2.00 bits per heavy atom. The highest BCUT2D eigenvalue weighted by molar-refractivity contribution is 8.00. The minimum absolute atomic E-state index is 0.0490. The Labute approximate surface area is 213 Å². The number of hydrogen-bond acceptors (Lipinski definition) is 8. The first-order chi connectivity index (χ1) is 16.8. The van der Waals surface area contributed by atoms with Crippen molar-refractivity contribution in [2.24, 2.45) is 0 Å². The summed E-state index contributed by atoms with van der Waals surface area (Å²) in [6, 6.07) is -2.38. The van der Waals surface area contributed by atoms with Gasteiger partial charge in [0.05, 0.1) is 0 Å². The molecule has 2 atom stereocenters. The van der Waals surface area contributed by atoms with Gasteiger partial charge in [0.2, 0.25) is 5.91 Å². The van der Waals surface area contributed by atoms with Crippen LogP contribution >= 0.6 is 11.8 Å². The third-order valence-electron chi connectivity index (χ3n) is 4.82. The Kier molecular flexibility index (Phi) is 8.21. The van der Waals surface area contributed by atoms with E-state index in [1.54, 1.807) is 0 Å². The van der Waals surface area contributed by atoms with Crippen molar-refractivity contribution in [3.05, 3.63) is 11.3 Å². The van der Waals surface area contributed by atoms with Crippen LogP contribution in [0.25, 0.3) is 0 Å². The molecule has 2 aliphatic heterocycles. The number of ether oxygens (including phenoxy) is 2. The smallest absolute Gasteiger partial charge is 0.460 e. The van der Waals surface area contributed by atoms with Crippen LogP contribution in [-0.2, 0) is 33.9 Å². The number of hydrogen-bond donors (Lipinski definition) is 1. The van der Waals surface area contributed by atoms with E-state index in [2.05, 4.69) is 0 Å². The monoisotopic (exact) mass is 610 g/mol. The fraction of sp³-hybridized carbons (Fsp3) is 0.722. The number of carbonyl (C=O) groups is 3. The Balaban J connectivity index is 2.41. The number of carbonyl (C=O) groups excluding carboxylic acids is 3. The summed E-state index contributed by atoms with van der Waals surface area (Å²) in [6.45, 7) is 4.69. The van der Waals surface area contributed by atoms with Gasteiger partial charge in [-0.05, 0) is 20.8 Å². The number of sulfonamides is 1. The fourth-order valence-corrected chi connectivity index (χ4v) is 5.64. The number of rotatable bonds is 8. The third-order valence-corrected chi connectivity index (χ3v) is 7.66. The van der Waals surface area contributed by atoms with E-state index in [9.17, 15) is 62.3 Å². The second kappa shape index (κ2) is 9.76. The number of fused-ring (bicyclic) bond motifs is 1. The molecule has 1 amide bonds. The van der Waals surface area contributed by atoms with Gasteiger partial charge < -0.3 is 9.47 Å². The average Bonchev–Trinajstić information content (AvgIpc) is 2.72. The summed E-state index contributed by atoms with van der Waals surface area (Å²) in [6.07, 6.45) is -7.26. The lowest BCUT2D eigenvalue weighted by Crippen LogP contribution is -2.73. The van der Waals surface area contributed by atoms with Crippen LogP contribution in [0.3, 0.4) is 0 Å². The van der Waals surface area contributed by atoms with E-state index in [1.165, 1.54) is 20.8 Å². The van der Waals surface area contributed by atoms with Crippen molar-refractivity contribution in [1.82, 2.24) is 9.62 Å². The third kappa shape index (κ3) is 5.43. The Morgan fingerprint density at radius 1 is 1.03 bits per heavy atom. The number of β-lactam (4-membered cyclic amide) rings is 1. The zero-order valence-electron chi connectivity index (χ0n) is 19.6. The first-order valence-electron chi connectivity index (χ1n) is 10.1. The van der Waals surface area contributed by atoms with Gasteiger partial charge in [0.25, 0.3) is 10.0 Å². The molecule has 0 aromatic rings. The Hall–Kier alpha value is -2.22. The number of amides is 1. The van der Waals surface area contributed by atoms with Crippen molar-refractivity contribution in [3.63, 3.8) is 0 Å². The van der Waals surface area contributed by atoms with Gasteiger partial charge in [0, 0.05) is 18.2 Å². The van der Waals surface area contributed by atoms with Gasteiger partial charge in [-0.3, -0.25) is 14.5 Å². The number of nitrogens with zero attached hydrogens (tertiary/aromatic N) is 1. The number of alkyl halides is 9. The molecule has 0 radical (unpaired) electrons. The van der Waals surface area contributed by atoms with Crippen LogP contribution in [-0.4, -0.2) is 83.8 Å². The largest absolute Gasteiger partial charge is 0.461 e. The molecule has 0 aliphatic carbocycles. The summed E-state index contributed by atoms with van der Waals surface area (Å²) in [5.41, 5.74) is -1.80. The molecule has 1 fully saturated rings. The summed E-state index contributed by atoms with van der Waals surface area (Å²) >= 11 is 0.553. The van der Waals surface area contributed by atoms with E-state index < -0.39 is 80.5 Å². The van der Waals surface area contributed by atoms with Crippen molar-refractivity contribution in [2.45, 2.75) is 68.0 Å². The molecule has 218 valence electrons. The van der Waals surface area contributed by atoms with Gasteiger partial charge >= 0.3 is 35.2 Å². The fourth-order valence-electron chi connectivity index (χ4n) is 3.04. The minimum atomic E-state index is -7.49. The lowest BCUT2D eigenvalue weighted by molar-refractivity contribution is -0.382. The van der Waals surface area contributed by atoms with Crippen LogP contribution in [0.5, 0.6) is 0 Å². The van der Waals surface area contributed by atoms with Crippen molar-refractivity contribution < 1.29 is 71.8 Å². The lowest BCUT2D eigenvalue weighted by atomic mass is 10.0. The molecule has 0 unspecified atom stereocenters. The number of nitrogens with one attached hydrogen (secondary N) is 1. The van der Waals surface area contributed by atoms with Gasteiger partial charge in [-0.2, -0.15) is 44.2 Å². The van der Waals surface area contributed by atoms with Gasteiger partial charge in [0.1, 0.15) is 29.3 Å². The van der Waals surface area contributed by atoms with Crippen molar-refractivity contribution >= 4 is 39.6 Å². The van der Waals surface area contributed by atoms with Crippen molar-refractivity contribution in [1.29, 1.82) is 0 Å². The molecular weight excluding hydrogens is 591 g/mol. The molecule has 2 rings (SSSR count). The molecule has 0 aromatic carbocycles. The van der Waals surface area contributed by atoms with E-state index in [4.69, 9.17) is 9.47 Å². The van der Waals surface area contributed by atoms with E-state index in [-0.39, 0.29) is 11.3 Å². The molecule has 38 heavy (non-hydrogen) atoms. The van der Waals surface area contributed by atoms with Gasteiger partial charge in [-0.25, -0.2) is 13.2 Å².